The van der Waals surface area contributed by atoms with Crippen LogP contribution < -0.4 is 5.69 Å². The van der Waals surface area contributed by atoms with E-state index in [1.54, 1.807) is 0 Å². The maximum absolute atomic E-state index is 11.1. The van der Waals surface area contributed by atoms with Crippen molar-refractivity contribution in [3.8, 4) is 0 Å². The van der Waals surface area contributed by atoms with Crippen molar-refractivity contribution in [3.63, 3.8) is 0 Å². The van der Waals surface area contributed by atoms with E-state index in [1.165, 1.54) is 10.9 Å². The van der Waals surface area contributed by atoms with Crippen LogP contribution in [0.15, 0.2) is 11.1 Å². The number of carbonyl (C=O) groups is 1. The summed E-state index contributed by atoms with van der Waals surface area (Å²) in [7, 11) is 0. The Morgan fingerprint density at radius 2 is 2.36 bits per heavy atom. The SMILES string of the molecule is CC(C)C(Cn1cn[nH]c1=O)C(=O)O. The average Bonchev–Trinajstić information content (AvgIpc) is 2.46. The summed E-state index contributed by atoms with van der Waals surface area (Å²) >= 11 is 0. The van der Waals surface area contributed by atoms with E-state index < -0.39 is 11.9 Å². The maximum Gasteiger partial charge on any atom is 0.343 e. The van der Waals surface area contributed by atoms with Gasteiger partial charge in [0.05, 0.1) is 5.92 Å². The first-order valence-electron chi connectivity index (χ1n) is 4.35. The van der Waals surface area contributed by atoms with Crippen LogP contribution in [-0.4, -0.2) is 25.8 Å². The van der Waals surface area contributed by atoms with Gasteiger partial charge in [-0.15, -0.1) is 0 Å². The van der Waals surface area contributed by atoms with E-state index in [2.05, 4.69) is 10.2 Å². The van der Waals surface area contributed by atoms with Gasteiger partial charge in [-0.3, -0.25) is 9.36 Å². The monoisotopic (exact) mass is 199 g/mol. The van der Waals surface area contributed by atoms with Gasteiger partial charge in [0.25, 0.3) is 0 Å². The van der Waals surface area contributed by atoms with Gasteiger partial charge in [0, 0.05) is 6.54 Å². The lowest BCUT2D eigenvalue weighted by atomic mass is 9.96. The highest BCUT2D eigenvalue weighted by molar-refractivity contribution is 5.70. The molecule has 1 rings (SSSR count). The highest BCUT2D eigenvalue weighted by Gasteiger charge is 2.22. The van der Waals surface area contributed by atoms with E-state index in [0.717, 1.165) is 0 Å². The zero-order chi connectivity index (χ0) is 10.7. The highest BCUT2D eigenvalue weighted by atomic mass is 16.4. The fourth-order valence-corrected chi connectivity index (χ4v) is 1.19. The van der Waals surface area contributed by atoms with Gasteiger partial charge in [0.2, 0.25) is 0 Å². The largest absolute Gasteiger partial charge is 0.481 e. The molecule has 0 amide bonds. The first kappa shape index (κ1) is 10.5. The summed E-state index contributed by atoms with van der Waals surface area (Å²) < 4.78 is 1.26. The molecule has 6 nitrogen and oxygen atoms in total. The number of H-pyrrole nitrogens is 1. The molecule has 0 bridgehead atoms. The molecule has 1 unspecified atom stereocenters. The van der Waals surface area contributed by atoms with Crippen LogP contribution >= 0.6 is 0 Å². The van der Waals surface area contributed by atoms with Crippen molar-refractivity contribution in [1.82, 2.24) is 14.8 Å². The predicted octanol–water partition coefficient (Wildman–Crippen LogP) is -0.0718. The Morgan fingerprint density at radius 3 is 2.71 bits per heavy atom. The molecule has 0 saturated heterocycles. The van der Waals surface area contributed by atoms with Crippen molar-refractivity contribution in [2.45, 2.75) is 20.4 Å². The summed E-state index contributed by atoms with van der Waals surface area (Å²) in [5.41, 5.74) is -0.378. The Kier molecular flexibility index (Phi) is 3.06. The molecule has 0 aromatic carbocycles. The van der Waals surface area contributed by atoms with Crippen LogP contribution in [0.2, 0.25) is 0 Å². The van der Waals surface area contributed by atoms with Gasteiger partial charge in [-0.05, 0) is 5.92 Å². The number of rotatable bonds is 4. The number of nitrogens with one attached hydrogen (secondary N) is 1. The fourth-order valence-electron chi connectivity index (χ4n) is 1.19. The molecular weight excluding hydrogens is 186 g/mol. The Balaban J connectivity index is 2.80. The topological polar surface area (TPSA) is 88.0 Å². The molecule has 14 heavy (non-hydrogen) atoms. The number of aromatic nitrogens is 3. The molecule has 0 aliphatic rings. The van der Waals surface area contributed by atoms with Crippen LogP contribution in [0.1, 0.15) is 13.8 Å². The number of hydrogen-bond acceptors (Lipinski definition) is 3. The van der Waals surface area contributed by atoms with Crippen LogP contribution in [0.5, 0.6) is 0 Å². The molecule has 1 heterocycles. The second-order valence-electron chi connectivity index (χ2n) is 3.50. The van der Waals surface area contributed by atoms with Gasteiger partial charge >= 0.3 is 11.7 Å². The zero-order valence-corrected chi connectivity index (χ0v) is 8.10. The first-order valence-corrected chi connectivity index (χ1v) is 4.35. The summed E-state index contributed by atoms with van der Waals surface area (Å²) in [6.07, 6.45) is 1.31. The zero-order valence-electron chi connectivity index (χ0n) is 8.10. The van der Waals surface area contributed by atoms with Gasteiger partial charge in [-0.25, -0.2) is 9.89 Å². The fraction of sp³-hybridized carbons (Fsp3) is 0.625. The third-order valence-corrected chi connectivity index (χ3v) is 2.13. The number of hydrogen-bond donors (Lipinski definition) is 2. The molecule has 0 saturated carbocycles. The van der Waals surface area contributed by atoms with Gasteiger partial charge in [-0.2, -0.15) is 5.10 Å². The number of carboxylic acid groups (broad SMARTS) is 1. The molecule has 1 atom stereocenters. The Morgan fingerprint density at radius 1 is 1.71 bits per heavy atom. The molecule has 0 aliphatic heterocycles. The van der Waals surface area contributed by atoms with Crippen LogP contribution in [0.3, 0.4) is 0 Å². The minimum absolute atomic E-state index is 0.0192. The number of aromatic amines is 1. The molecule has 1 aromatic rings. The van der Waals surface area contributed by atoms with Crippen molar-refractivity contribution < 1.29 is 9.90 Å². The van der Waals surface area contributed by atoms with Crippen molar-refractivity contribution in [1.29, 1.82) is 0 Å². The second kappa shape index (κ2) is 4.08. The normalized spacial score (nSPS) is 13.1. The van der Waals surface area contributed by atoms with Gasteiger partial charge in [0.1, 0.15) is 6.33 Å². The summed E-state index contributed by atoms with van der Waals surface area (Å²) in [6, 6.07) is 0. The summed E-state index contributed by atoms with van der Waals surface area (Å²) in [6.45, 7) is 3.77. The van der Waals surface area contributed by atoms with Crippen molar-refractivity contribution in [3.05, 3.63) is 16.8 Å². The minimum Gasteiger partial charge on any atom is -0.481 e. The van der Waals surface area contributed by atoms with Crippen molar-refractivity contribution in [2.24, 2.45) is 11.8 Å². The molecule has 6 heteroatoms. The quantitative estimate of drug-likeness (QED) is 0.710. The number of carboxylic acids is 1. The molecule has 0 aliphatic carbocycles. The van der Waals surface area contributed by atoms with Crippen LogP contribution in [0, 0.1) is 11.8 Å². The Labute approximate surface area is 80.6 Å². The Hall–Kier alpha value is -1.59. The van der Waals surface area contributed by atoms with E-state index >= 15 is 0 Å². The van der Waals surface area contributed by atoms with Crippen molar-refractivity contribution in [2.75, 3.05) is 0 Å². The van der Waals surface area contributed by atoms with E-state index in [4.69, 9.17) is 5.11 Å². The van der Waals surface area contributed by atoms with Gasteiger partial charge < -0.3 is 5.11 Å². The van der Waals surface area contributed by atoms with Crippen molar-refractivity contribution >= 4 is 5.97 Å². The smallest absolute Gasteiger partial charge is 0.343 e. The second-order valence-corrected chi connectivity index (χ2v) is 3.50. The lowest BCUT2D eigenvalue weighted by Gasteiger charge is -2.15. The first-order chi connectivity index (χ1) is 6.52. The molecule has 2 N–H and O–H groups in total. The summed E-state index contributed by atoms with van der Waals surface area (Å²) in [5.74, 6) is -1.48. The lowest BCUT2D eigenvalue weighted by molar-refractivity contribution is -0.143. The number of nitrogens with zero attached hydrogens (tertiary/aromatic N) is 2. The molecule has 0 spiro atoms. The minimum atomic E-state index is -0.895. The maximum atomic E-state index is 11.1. The molecule has 78 valence electrons. The standard InChI is InChI=1S/C8H13N3O3/c1-5(2)6(7(12)13)3-11-4-9-10-8(11)14/h4-6H,3H2,1-2H3,(H,10,14)(H,12,13). The summed E-state index contributed by atoms with van der Waals surface area (Å²) in [5, 5.41) is 14.6. The van der Waals surface area contributed by atoms with Crippen LogP contribution in [0.25, 0.3) is 0 Å². The van der Waals surface area contributed by atoms with E-state index in [0.29, 0.717) is 0 Å². The third-order valence-electron chi connectivity index (χ3n) is 2.13. The Bertz CT molecular complexity index is 366. The average molecular weight is 199 g/mol. The summed E-state index contributed by atoms with van der Waals surface area (Å²) in [4.78, 5) is 21.9. The molecule has 0 radical (unpaired) electrons. The van der Waals surface area contributed by atoms with Gasteiger partial charge in [-0.1, -0.05) is 13.8 Å². The molecule has 0 fully saturated rings. The highest BCUT2D eigenvalue weighted by Crippen LogP contribution is 2.12. The van der Waals surface area contributed by atoms with E-state index in [1.807, 2.05) is 13.8 Å². The van der Waals surface area contributed by atoms with E-state index in [9.17, 15) is 9.59 Å². The third kappa shape index (κ3) is 2.21. The predicted molar refractivity (Wildman–Crippen MR) is 48.8 cm³/mol. The number of aliphatic carboxylic acids is 1. The van der Waals surface area contributed by atoms with E-state index in [-0.39, 0.29) is 18.2 Å². The van der Waals surface area contributed by atoms with Gasteiger partial charge in [0.15, 0.2) is 0 Å². The lowest BCUT2D eigenvalue weighted by Crippen LogP contribution is -2.29. The van der Waals surface area contributed by atoms with Crippen LogP contribution in [-0.2, 0) is 11.3 Å². The molecular formula is C8H13N3O3. The molecule has 1 aromatic heterocycles. The van der Waals surface area contributed by atoms with Crippen LogP contribution in [0.4, 0.5) is 0 Å².